The summed E-state index contributed by atoms with van der Waals surface area (Å²) in [5, 5.41) is 7.99. The quantitative estimate of drug-likeness (QED) is 0.570. The first kappa shape index (κ1) is 16.1. The number of benzene rings is 2. The van der Waals surface area contributed by atoms with Gasteiger partial charge in [-0.1, -0.05) is 29.0 Å². The summed E-state index contributed by atoms with van der Waals surface area (Å²) in [6, 6.07) is 11.9. The summed E-state index contributed by atoms with van der Waals surface area (Å²) >= 11 is 0. The Hall–Kier alpha value is -3.35. The van der Waals surface area contributed by atoms with Crippen molar-refractivity contribution < 1.29 is 4.39 Å². The van der Waals surface area contributed by atoms with Gasteiger partial charge in [0.15, 0.2) is 11.2 Å². The molecule has 7 heteroatoms. The highest BCUT2D eigenvalue weighted by molar-refractivity contribution is 5.70. The van der Waals surface area contributed by atoms with E-state index in [1.165, 1.54) is 27.7 Å². The van der Waals surface area contributed by atoms with Gasteiger partial charge in [-0.25, -0.2) is 9.37 Å². The normalized spacial score (nSPS) is 11.2. The van der Waals surface area contributed by atoms with Crippen LogP contribution in [0.3, 0.4) is 0 Å². The van der Waals surface area contributed by atoms with Crippen LogP contribution in [0.5, 0.6) is 0 Å². The molecule has 6 nitrogen and oxygen atoms in total. The van der Waals surface area contributed by atoms with E-state index in [0.29, 0.717) is 17.9 Å². The Bertz CT molecular complexity index is 1160. The zero-order chi connectivity index (χ0) is 18.3. The molecule has 0 bridgehead atoms. The van der Waals surface area contributed by atoms with E-state index in [4.69, 9.17) is 0 Å². The Balaban J connectivity index is 1.78. The van der Waals surface area contributed by atoms with Crippen LogP contribution in [0.15, 0.2) is 53.6 Å². The van der Waals surface area contributed by atoms with Crippen molar-refractivity contribution in [1.82, 2.24) is 24.5 Å². The first-order chi connectivity index (χ1) is 12.5. The summed E-state index contributed by atoms with van der Waals surface area (Å²) in [6.45, 7) is 4.44. The van der Waals surface area contributed by atoms with Crippen molar-refractivity contribution in [3.63, 3.8) is 0 Å². The van der Waals surface area contributed by atoms with Gasteiger partial charge in [-0.15, -0.1) is 5.10 Å². The lowest BCUT2D eigenvalue weighted by molar-refractivity contribution is 0.627. The Labute approximate surface area is 148 Å². The van der Waals surface area contributed by atoms with Gasteiger partial charge >= 0.3 is 0 Å². The van der Waals surface area contributed by atoms with E-state index in [-0.39, 0.29) is 16.9 Å². The maximum atomic E-state index is 13.1. The Morgan fingerprint density at radius 1 is 1.08 bits per heavy atom. The standard InChI is InChI=1S/C19H16FN5O/c1-12-3-4-13(2)14(9-12)10-24-11-21-18-17(19(24)26)22-23-25(18)16-7-5-15(20)6-8-16/h3-9,11H,10H2,1-2H3. The number of nitrogens with zero attached hydrogens (tertiary/aromatic N) is 5. The lowest BCUT2D eigenvalue weighted by Crippen LogP contribution is -2.22. The molecule has 0 N–H and O–H groups in total. The first-order valence-corrected chi connectivity index (χ1v) is 8.16. The fourth-order valence-electron chi connectivity index (χ4n) is 2.87. The van der Waals surface area contributed by atoms with Gasteiger partial charge in [-0.05, 0) is 49.2 Å². The van der Waals surface area contributed by atoms with E-state index in [1.807, 2.05) is 26.0 Å². The second kappa shape index (κ2) is 6.18. The van der Waals surface area contributed by atoms with Gasteiger partial charge in [0, 0.05) is 0 Å². The highest BCUT2D eigenvalue weighted by Gasteiger charge is 2.14. The molecular weight excluding hydrogens is 333 g/mol. The lowest BCUT2D eigenvalue weighted by Gasteiger charge is -2.09. The molecule has 0 aliphatic carbocycles. The van der Waals surface area contributed by atoms with E-state index in [1.54, 1.807) is 12.1 Å². The number of aromatic nitrogens is 5. The number of halogens is 1. The van der Waals surface area contributed by atoms with Gasteiger partial charge in [-0.3, -0.25) is 9.36 Å². The first-order valence-electron chi connectivity index (χ1n) is 8.16. The molecule has 130 valence electrons. The smallest absolute Gasteiger partial charge is 0.283 e. The number of aryl methyl sites for hydroxylation is 2. The number of rotatable bonds is 3. The van der Waals surface area contributed by atoms with E-state index >= 15 is 0 Å². The molecule has 2 aromatic carbocycles. The maximum absolute atomic E-state index is 13.1. The van der Waals surface area contributed by atoms with E-state index in [2.05, 4.69) is 21.4 Å². The summed E-state index contributed by atoms with van der Waals surface area (Å²) in [6.07, 6.45) is 1.50. The molecule has 2 aromatic heterocycles. The summed E-state index contributed by atoms with van der Waals surface area (Å²) in [5.41, 5.74) is 4.16. The molecule has 0 spiro atoms. The molecular formula is C19H16FN5O. The summed E-state index contributed by atoms with van der Waals surface area (Å²) in [7, 11) is 0. The predicted molar refractivity (Wildman–Crippen MR) is 95.9 cm³/mol. The van der Waals surface area contributed by atoms with Crippen LogP contribution in [0.2, 0.25) is 0 Å². The topological polar surface area (TPSA) is 65.6 Å². The van der Waals surface area contributed by atoms with Crippen molar-refractivity contribution in [3.05, 3.63) is 81.7 Å². The van der Waals surface area contributed by atoms with Gasteiger partial charge in [0.1, 0.15) is 12.1 Å². The molecule has 0 aliphatic heterocycles. The van der Waals surface area contributed by atoms with E-state index in [0.717, 1.165) is 16.7 Å². The average molecular weight is 349 g/mol. The van der Waals surface area contributed by atoms with Crippen LogP contribution in [0.25, 0.3) is 16.9 Å². The SMILES string of the molecule is Cc1ccc(C)c(Cn2cnc3c(nnn3-c3ccc(F)cc3)c2=O)c1. The second-order valence-electron chi connectivity index (χ2n) is 6.26. The molecule has 4 rings (SSSR count). The van der Waals surface area contributed by atoms with Crippen molar-refractivity contribution in [1.29, 1.82) is 0 Å². The third-order valence-electron chi connectivity index (χ3n) is 4.35. The number of hydrogen-bond acceptors (Lipinski definition) is 4. The van der Waals surface area contributed by atoms with Crippen molar-refractivity contribution in [2.45, 2.75) is 20.4 Å². The largest absolute Gasteiger partial charge is 0.293 e. The summed E-state index contributed by atoms with van der Waals surface area (Å²) in [4.78, 5) is 17.1. The predicted octanol–water partition coefficient (Wildman–Crippen LogP) is 2.78. The van der Waals surface area contributed by atoms with Crippen LogP contribution in [0, 0.1) is 19.7 Å². The molecule has 0 aliphatic rings. The van der Waals surface area contributed by atoms with E-state index < -0.39 is 0 Å². The molecule has 26 heavy (non-hydrogen) atoms. The van der Waals surface area contributed by atoms with Crippen LogP contribution < -0.4 is 5.56 Å². The average Bonchev–Trinajstić information content (AvgIpc) is 3.06. The molecule has 0 amide bonds. The van der Waals surface area contributed by atoms with E-state index in [9.17, 15) is 9.18 Å². The minimum atomic E-state index is -0.345. The number of hydrogen-bond donors (Lipinski definition) is 0. The molecule has 0 fully saturated rings. The van der Waals surface area contributed by atoms with Gasteiger partial charge in [0.25, 0.3) is 5.56 Å². The third-order valence-corrected chi connectivity index (χ3v) is 4.35. The molecule has 0 atom stereocenters. The van der Waals surface area contributed by atoms with Gasteiger partial charge < -0.3 is 0 Å². The van der Waals surface area contributed by atoms with Crippen molar-refractivity contribution >= 4 is 11.2 Å². The summed E-state index contributed by atoms with van der Waals surface area (Å²) < 4.78 is 16.1. The zero-order valence-electron chi connectivity index (χ0n) is 14.3. The van der Waals surface area contributed by atoms with Gasteiger partial charge in [0.2, 0.25) is 0 Å². The molecule has 0 saturated carbocycles. The highest BCUT2D eigenvalue weighted by Crippen LogP contribution is 2.14. The third kappa shape index (κ3) is 2.77. The molecule has 0 radical (unpaired) electrons. The maximum Gasteiger partial charge on any atom is 0.283 e. The molecule has 4 aromatic rings. The minimum absolute atomic E-state index is 0.183. The van der Waals surface area contributed by atoms with Gasteiger partial charge in [0.05, 0.1) is 12.2 Å². The molecule has 0 saturated heterocycles. The zero-order valence-corrected chi connectivity index (χ0v) is 14.3. The number of fused-ring (bicyclic) bond motifs is 1. The Morgan fingerprint density at radius 3 is 2.62 bits per heavy atom. The van der Waals surface area contributed by atoms with Crippen molar-refractivity contribution in [3.8, 4) is 5.69 Å². The fourth-order valence-corrected chi connectivity index (χ4v) is 2.87. The minimum Gasteiger partial charge on any atom is -0.293 e. The van der Waals surface area contributed by atoms with Crippen LogP contribution in [0.1, 0.15) is 16.7 Å². The molecule has 2 heterocycles. The summed E-state index contributed by atoms with van der Waals surface area (Å²) in [5.74, 6) is -0.345. The molecule has 0 unspecified atom stereocenters. The monoisotopic (exact) mass is 349 g/mol. The fraction of sp³-hybridized carbons (Fsp3) is 0.158. The van der Waals surface area contributed by atoms with Crippen LogP contribution in [-0.4, -0.2) is 24.5 Å². The lowest BCUT2D eigenvalue weighted by atomic mass is 10.1. The van der Waals surface area contributed by atoms with Crippen molar-refractivity contribution in [2.24, 2.45) is 0 Å². The van der Waals surface area contributed by atoms with Gasteiger partial charge in [-0.2, -0.15) is 4.68 Å². The second-order valence-corrected chi connectivity index (χ2v) is 6.26. The Morgan fingerprint density at radius 2 is 1.85 bits per heavy atom. The van der Waals surface area contributed by atoms with Crippen molar-refractivity contribution in [2.75, 3.05) is 0 Å². The highest BCUT2D eigenvalue weighted by atomic mass is 19.1. The van der Waals surface area contributed by atoms with Crippen LogP contribution in [-0.2, 0) is 6.54 Å². The Kier molecular flexibility index (Phi) is 3.84. The van der Waals surface area contributed by atoms with Crippen LogP contribution in [0.4, 0.5) is 4.39 Å². The van der Waals surface area contributed by atoms with Crippen LogP contribution >= 0.6 is 0 Å².